The van der Waals surface area contributed by atoms with Crippen LogP contribution < -0.4 is 5.32 Å². The summed E-state index contributed by atoms with van der Waals surface area (Å²) in [6, 6.07) is 6.39. The van der Waals surface area contributed by atoms with Gasteiger partial charge in [-0.05, 0) is 43.9 Å². The van der Waals surface area contributed by atoms with Crippen molar-refractivity contribution in [1.82, 2.24) is 34.8 Å². The van der Waals surface area contributed by atoms with Gasteiger partial charge in [0, 0.05) is 54.9 Å². The molecule has 158 valence electrons. The average Bonchev–Trinajstić information content (AvgIpc) is 3.45. The molecule has 31 heavy (non-hydrogen) atoms. The van der Waals surface area contributed by atoms with Crippen LogP contribution in [0.3, 0.4) is 0 Å². The van der Waals surface area contributed by atoms with E-state index in [0.29, 0.717) is 12.4 Å². The average molecular weight is 416 g/mol. The number of aryl methyl sites for hydroxylation is 1. The summed E-state index contributed by atoms with van der Waals surface area (Å²) < 4.78 is 1.77. The first-order chi connectivity index (χ1) is 15.0. The Labute approximate surface area is 178 Å². The number of likely N-dealkylation sites (tertiary alicyclic amines) is 1. The molecule has 0 spiro atoms. The molecule has 0 radical (unpaired) electrons. The van der Waals surface area contributed by atoms with E-state index >= 15 is 0 Å². The summed E-state index contributed by atoms with van der Waals surface area (Å²) in [6.07, 6.45) is 7.35. The number of nitrogens with zero attached hydrogens (tertiary/aromatic N) is 6. The lowest BCUT2D eigenvalue weighted by Crippen LogP contribution is -2.59. The van der Waals surface area contributed by atoms with Gasteiger partial charge in [-0.25, -0.2) is 9.67 Å². The molecule has 1 aliphatic carbocycles. The van der Waals surface area contributed by atoms with E-state index in [2.05, 4.69) is 48.5 Å². The zero-order valence-electron chi connectivity index (χ0n) is 17.6. The minimum atomic E-state index is -0.0335. The summed E-state index contributed by atoms with van der Waals surface area (Å²) in [7, 11) is 1.89. The number of H-pyrrole nitrogens is 1. The quantitative estimate of drug-likeness (QED) is 0.530. The molecule has 3 aromatic heterocycles. The maximum absolute atomic E-state index is 12.1. The number of aromatic amines is 1. The van der Waals surface area contributed by atoms with Crippen LogP contribution in [0.4, 0.5) is 5.95 Å². The molecule has 6 rings (SSSR count). The van der Waals surface area contributed by atoms with Crippen molar-refractivity contribution >= 4 is 33.9 Å². The van der Waals surface area contributed by atoms with Gasteiger partial charge in [-0.3, -0.25) is 4.79 Å². The van der Waals surface area contributed by atoms with Crippen molar-refractivity contribution in [3.63, 3.8) is 0 Å². The molecule has 1 aliphatic heterocycles. The molecule has 4 aromatic rings. The van der Waals surface area contributed by atoms with E-state index in [0.717, 1.165) is 59.0 Å². The highest BCUT2D eigenvalue weighted by molar-refractivity contribution is 5.95. The van der Waals surface area contributed by atoms with E-state index in [9.17, 15) is 4.79 Å². The van der Waals surface area contributed by atoms with E-state index in [1.807, 2.05) is 31.6 Å². The highest BCUT2D eigenvalue weighted by Gasteiger charge is 2.48. The molecule has 9 heteroatoms. The van der Waals surface area contributed by atoms with Crippen LogP contribution in [0, 0.1) is 0 Å². The second-order valence-corrected chi connectivity index (χ2v) is 8.97. The number of benzene rings is 1. The number of anilines is 1. The molecule has 2 fully saturated rings. The highest BCUT2D eigenvalue weighted by atomic mass is 16.2. The minimum absolute atomic E-state index is 0.0335. The number of hydrogen-bond donors (Lipinski definition) is 2. The number of amides is 1. The van der Waals surface area contributed by atoms with E-state index in [-0.39, 0.29) is 17.5 Å². The molecule has 1 saturated carbocycles. The third-order valence-corrected chi connectivity index (χ3v) is 6.78. The first-order valence-corrected chi connectivity index (χ1v) is 10.7. The van der Waals surface area contributed by atoms with Crippen molar-refractivity contribution in [1.29, 1.82) is 0 Å². The van der Waals surface area contributed by atoms with Gasteiger partial charge in [-0.1, -0.05) is 11.3 Å². The van der Waals surface area contributed by atoms with Crippen LogP contribution in [0.25, 0.3) is 33.2 Å². The van der Waals surface area contributed by atoms with Crippen LogP contribution in [0.2, 0.25) is 0 Å². The van der Waals surface area contributed by atoms with E-state index in [4.69, 9.17) is 0 Å². The highest BCUT2D eigenvalue weighted by Crippen LogP contribution is 2.41. The van der Waals surface area contributed by atoms with Crippen LogP contribution in [-0.4, -0.2) is 58.9 Å². The molecule has 1 aromatic carbocycles. The summed E-state index contributed by atoms with van der Waals surface area (Å²) >= 11 is 0. The summed E-state index contributed by atoms with van der Waals surface area (Å²) in [4.78, 5) is 26.7. The molecule has 9 nitrogen and oxygen atoms in total. The summed E-state index contributed by atoms with van der Waals surface area (Å²) in [5.74, 6) is 0.907. The molecule has 1 amide bonds. The van der Waals surface area contributed by atoms with E-state index in [1.54, 1.807) is 4.68 Å². The number of aromatic nitrogens is 6. The van der Waals surface area contributed by atoms with E-state index < -0.39 is 0 Å². The zero-order valence-corrected chi connectivity index (χ0v) is 17.6. The maximum atomic E-state index is 12.1. The fraction of sp³-hybridized carbons (Fsp3) is 0.409. The first-order valence-electron chi connectivity index (χ1n) is 10.7. The molecule has 1 saturated heterocycles. The summed E-state index contributed by atoms with van der Waals surface area (Å²) in [5, 5.41) is 12.6. The van der Waals surface area contributed by atoms with Gasteiger partial charge in [0.05, 0.1) is 5.52 Å². The molecule has 2 N–H and O–H groups in total. The number of nitrogens with one attached hydrogen (secondary N) is 2. The van der Waals surface area contributed by atoms with Gasteiger partial charge in [0.15, 0.2) is 0 Å². The molecule has 0 atom stereocenters. The van der Waals surface area contributed by atoms with Gasteiger partial charge in [0.2, 0.25) is 11.9 Å². The fourth-order valence-electron chi connectivity index (χ4n) is 5.14. The smallest absolute Gasteiger partial charge is 0.224 e. The van der Waals surface area contributed by atoms with Gasteiger partial charge in [0.1, 0.15) is 11.2 Å². The lowest BCUT2D eigenvalue weighted by Gasteiger charge is -2.51. The molecule has 4 heterocycles. The van der Waals surface area contributed by atoms with Crippen LogP contribution in [-0.2, 0) is 11.8 Å². The fourth-order valence-corrected chi connectivity index (χ4v) is 5.14. The van der Waals surface area contributed by atoms with Crippen molar-refractivity contribution in [3.05, 3.63) is 30.6 Å². The number of carbonyl (C=O) groups is 1. The third-order valence-electron chi connectivity index (χ3n) is 6.78. The monoisotopic (exact) mass is 416 g/mol. The Morgan fingerprint density at radius 1 is 1.29 bits per heavy atom. The van der Waals surface area contributed by atoms with Crippen molar-refractivity contribution in [2.45, 2.75) is 44.2 Å². The summed E-state index contributed by atoms with van der Waals surface area (Å²) in [5.41, 5.74) is 4.74. The van der Waals surface area contributed by atoms with Crippen molar-refractivity contribution in [2.75, 3.05) is 11.9 Å². The molecular formula is C22H24N8O. The van der Waals surface area contributed by atoms with Crippen LogP contribution in [0.15, 0.2) is 30.6 Å². The molecule has 2 aliphatic rings. The number of fused-ring (bicyclic) bond motifs is 2. The first kappa shape index (κ1) is 18.3. The zero-order chi connectivity index (χ0) is 21.2. The normalized spacial score (nSPS) is 23.6. The lowest BCUT2D eigenvalue weighted by atomic mass is 9.73. The van der Waals surface area contributed by atoms with Crippen LogP contribution in [0.5, 0.6) is 0 Å². The number of hydrogen-bond acceptors (Lipinski definition) is 6. The van der Waals surface area contributed by atoms with Gasteiger partial charge in [0.25, 0.3) is 0 Å². The Bertz CT molecular complexity index is 1320. The SMILES string of the molecule is Cn1nnc2ccc(-c3c[nH]c4nc(N[C@H]5C[C@@](C)(N6CCCC6=O)C5)ncc34)cc21. The van der Waals surface area contributed by atoms with Crippen molar-refractivity contribution < 1.29 is 4.79 Å². The second-order valence-electron chi connectivity index (χ2n) is 8.97. The molecule has 0 bridgehead atoms. The van der Waals surface area contributed by atoms with Crippen LogP contribution in [0.1, 0.15) is 32.6 Å². The summed E-state index contributed by atoms with van der Waals surface area (Å²) in [6.45, 7) is 3.07. The largest absolute Gasteiger partial charge is 0.351 e. The predicted octanol–water partition coefficient (Wildman–Crippen LogP) is 2.86. The molecular weight excluding hydrogens is 392 g/mol. The molecule has 0 unspecified atom stereocenters. The maximum Gasteiger partial charge on any atom is 0.224 e. The Balaban J connectivity index is 1.21. The Morgan fingerprint density at radius 3 is 2.97 bits per heavy atom. The van der Waals surface area contributed by atoms with Crippen molar-refractivity contribution in [3.8, 4) is 11.1 Å². The van der Waals surface area contributed by atoms with Gasteiger partial charge >= 0.3 is 0 Å². The van der Waals surface area contributed by atoms with Crippen molar-refractivity contribution in [2.24, 2.45) is 7.05 Å². The topological polar surface area (TPSA) is 105 Å². The van der Waals surface area contributed by atoms with E-state index in [1.165, 1.54) is 0 Å². The predicted molar refractivity (Wildman–Crippen MR) is 117 cm³/mol. The Hall–Kier alpha value is -3.49. The Kier molecular flexibility index (Phi) is 3.84. The van der Waals surface area contributed by atoms with Gasteiger partial charge < -0.3 is 15.2 Å². The Morgan fingerprint density at radius 2 is 2.16 bits per heavy atom. The minimum Gasteiger partial charge on any atom is -0.351 e. The third kappa shape index (κ3) is 2.87. The number of rotatable bonds is 4. The van der Waals surface area contributed by atoms with Crippen LogP contribution >= 0.6 is 0 Å². The number of carbonyl (C=O) groups excluding carboxylic acids is 1. The lowest BCUT2D eigenvalue weighted by molar-refractivity contribution is -0.136. The van der Waals surface area contributed by atoms with Gasteiger partial charge in [-0.15, -0.1) is 5.10 Å². The van der Waals surface area contributed by atoms with Gasteiger partial charge in [-0.2, -0.15) is 4.98 Å². The second kappa shape index (κ2) is 6.50. The standard InChI is InChI=1S/C22H24N8O/c1-22(30-7-3-4-19(30)31)9-14(10-22)25-21-24-12-16-15(11-23-20(16)26-21)13-5-6-17-18(8-13)29(2)28-27-17/h5-6,8,11-12,14H,3-4,7,9-10H2,1-2H3,(H2,23,24,25,26)/t14-,22+.